The molecule has 1 aliphatic heterocycles. The molecule has 24 heavy (non-hydrogen) atoms. The van der Waals surface area contributed by atoms with Crippen LogP contribution in [-0.4, -0.2) is 102 Å². The van der Waals surface area contributed by atoms with Gasteiger partial charge in [0.05, 0.1) is 52.9 Å². The van der Waals surface area contributed by atoms with Crippen LogP contribution in [0.15, 0.2) is 0 Å². The standard InChI is InChI=1S/C16H32N2O4.Li.H3N/c1-3-17-5-9-19-13-15-21-11-7-18(4-2)8-12-22-16-14-20-10-6-17;;/h1-16H2;;1H3/q-2;+1;. The number of rotatable bonds is 2. The van der Waals surface area contributed by atoms with Crippen molar-refractivity contribution < 1.29 is 37.8 Å². The molecule has 0 saturated carbocycles. The van der Waals surface area contributed by atoms with Gasteiger partial charge in [-0.15, -0.1) is 13.1 Å². The number of nitrogens with zero attached hydrogens (tertiary/aromatic N) is 2. The van der Waals surface area contributed by atoms with Crippen LogP contribution in [0.5, 0.6) is 0 Å². The molecule has 3 N–H and O–H groups in total. The molecule has 0 aromatic heterocycles. The Morgan fingerprint density at radius 2 is 0.792 bits per heavy atom. The van der Waals surface area contributed by atoms with Gasteiger partial charge in [0, 0.05) is 26.2 Å². The third kappa shape index (κ3) is 14.6. The molecule has 8 heteroatoms. The van der Waals surface area contributed by atoms with Crippen LogP contribution < -0.4 is 25.0 Å². The molecule has 1 heterocycles. The number of hydrogen-bond donors (Lipinski definition) is 1. The number of ether oxygens (including phenoxy) is 4. The molecular weight excluding hydrogens is 305 g/mol. The van der Waals surface area contributed by atoms with E-state index in [9.17, 15) is 0 Å². The van der Waals surface area contributed by atoms with Crippen molar-refractivity contribution >= 4 is 0 Å². The van der Waals surface area contributed by atoms with Gasteiger partial charge in [-0.05, 0) is 0 Å². The van der Waals surface area contributed by atoms with E-state index in [1.54, 1.807) is 0 Å². The second-order valence-electron chi connectivity index (χ2n) is 5.13. The zero-order valence-corrected chi connectivity index (χ0v) is 15.5. The predicted molar refractivity (Wildman–Crippen MR) is 91.9 cm³/mol. The fraction of sp³-hybridized carbons (Fsp3) is 0.875. The average molecular weight is 340 g/mol. The third-order valence-electron chi connectivity index (χ3n) is 3.58. The Kier molecular flexibility index (Phi) is 21.7. The molecule has 0 bridgehead atoms. The Balaban J connectivity index is 0. The van der Waals surface area contributed by atoms with Crippen molar-refractivity contribution in [2.24, 2.45) is 0 Å². The molecule has 0 atom stereocenters. The van der Waals surface area contributed by atoms with Crippen LogP contribution in [0.25, 0.3) is 0 Å². The molecule has 140 valence electrons. The first kappa shape index (κ1) is 26.5. The minimum Gasteiger partial charge on any atom is -0.378 e. The van der Waals surface area contributed by atoms with E-state index in [1.165, 1.54) is 0 Å². The van der Waals surface area contributed by atoms with Crippen LogP contribution >= 0.6 is 0 Å². The van der Waals surface area contributed by atoms with Gasteiger partial charge in [-0.3, -0.25) is 0 Å². The van der Waals surface area contributed by atoms with Crippen molar-refractivity contribution in [3.63, 3.8) is 0 Å². The van der Waals surface area contributed by atoms with Crippen molar-refractivity contribution in [2.45, 2.75) is 0 Å². The van der Waals surface area contributed by atoms with Crippen molar-refractivity contribution in [2.75, 3.05) is 92.1 Å². The molecule has 0 amide bonds. The molecule has 0 aliphatic carbocycles. The van der Waals surface area contributed by atoms with Crippen LogP contribution in [-0.2, 0) is 18.9 Å². The fourth-order valence-electron chi connectivity index (χ4n) is 2.09. The summed E-state index contributed by atoms with van der Waals surface area (Å²) in [7, 11) is 0. The Morgan fingerprint density at radius 3 is 1.00 bits per heavy atom. The molecule has 0 spiro atoms. The van der Waals surface area contributed by atoms with Gasteiger partial charge in [0.25, 0.3) is 0 Å². The average Bonchev–Trinajstić information content (AvgIpc) is 2.54. The van der Waals surface area contributed by atoms with E-state index in [0.29, 0.717) is 52.9 Å². The summed E-state index contributed by atoms with van der Waals surface area (Å²) < 4.78 is 22.3. The Hall–Kier alpha value is 0.317. The summed E-state index contributed by atoms with van der Waals surface area (Å²) in [6, 6.07) is 0. The molecule has 1 saturated heterocycles. The normalized spacial score (nSPS) is 21.8. The molecule has 1 rings (SSSR count). The molecule has 0 radical (unpaired) electrons. The maximum Gasteiger partial charge on any atom is 1.00 e. The van der Waals surface area contributed by atoms with Gasteiger partial charge in [0.1, 0.15) is 0 Å². The van der Waals surface area contributed by atoms with Crippen molar-refractivity contribution in [3.05, 3.63) is 13.8 Å². The van der Waals surface area contributed by atoms with Crippen molar-refractivity contribution in [3.8, 4) is 0 Å². The first-order valence-electron chi connectivity index (χ1n) is 8.21. The van der Waals surface area contributed by atoms with Crippen LogP contribution in [0, 0.1) is 13.8 Å². The summed E-state index contributed by atoms with van der Waals surface area (Å²) in [5, 5.41) is 0. The second-order valence-corrected chi connectivity index (χ2v) is 5.13. The van der Waals surface area contributed by atoms with Gasteiger partial charge in [-0.2, -0.15) is 0 Å². The van der Waals surface area contributed by atoms with Crippen LogP contribution in [0.3, 0.4) is 0 Å². The number of hydrogen-bond acceptors (Lipinski definition) is 7. The molecule has 1 aliphatic rings. The van der Waals surface area contributed by atoms with Gasteiger partial charge in [-0.1, -0.05) is 0 Å². The van der Waals surface area contributed by atoms with E-state index in [4.69, 9.17) is 18.9 Å². The van der Waals surface area contributed by atoms with Gasteiger partial charge in [-0.25, -0.2) is 0 Å². The molecule has 7 nitrogen and oxygen atoms in total. The molecule has 0 unspecified atom stereocenters. The first-order valence-corrected chi connectivity index (χ1v) is 8.21. The third-order valence-corrected chi connectivity index (χ3v) is 3.58. The molecular formula is C16H35LiN3O4-. The van der Waals surface area contributed by atoms with Crippen LogP contribution in [0.2, 0.25) is 0 Å². The Morgan fingerprint density at radius 1 is 0.542 bits per heavy atom. The Bertz CT molecular complexity index is 209. The van der Waals surface area contributed by atoms with Gasteiger partial charge >= 0.3 is 18.9 Å². The predicted octanol–water partition coefficient (Wildman–Crippen LogP) is -2.50. The molecule has 1 fully saturated rings. The smallest absolute Gasteiger partial charge is 0.378 e. The first-order chi connectivity index (χ1) is 10.9. The minimum atomic E-state index is 0. The summed E-state index contributed by atoms with van der Waals surface area (Å²) in [6.45, 7) is 18.2. The van der Waals surface area contributed by atoms with Crippen molar-refractivity contribution in [1.82, 2.24) is 16.0 Å². The minimum absolute atomic E-state index is 0. The largest absolute Gasteiger partial charge is 1.00 e. The van der Waals surface area contributed by atoms with E-state index in [2.05, 4.69) is 23.6 Å². The Labute approximate surface area is 160 Å². The maximum absolute atomic E-state index is 5.58. The van der Waals surface area contributed by atoms with Gasteiger partial charge in [0.15, 0.2) is 0 Å². The van der Waals surface area contributed by atoms with E-state index in [1.807, 2.05) is 0 Å². The maximum atomic E-state index is 5.58. The second kappa shape index (κ2) is 19.6. The summed E-state index contributed by atoms with van der Waals surface area (Å²) in [5.41, 5.74) is 0. The monoisotopic (exact) mass is 340 g/mol. The van der Waals surface area contributed by atoms with Gasteiger partial charge in [0.2, 0.25) is 0 Å². The summed E-state index contributed by atoms with van der Waals surface area (Å²) >= 11 is 0. The SMILES string of the molecule is N.[CH2-]CN1CCOCCOCCN(C[CH2-])CCOCCOCC1.[Li+]. The summed E-state index contributed by atoms with van der Waals surface area (Å²) in [4.78, 5) is 4.44. The molecule has 0 aromatic rings. The van der Waals surface area contributed by atoms with Gasteiger partial charge < -0.3 is 48.7 Å². The molecule has 0 aromatic carbocycles. The zero-order chi connectivity index (χ0) is 15.9. The van der Waals surface area contributed by atoms with E-state index >= 15 is 0 Å². The van der Waals surface area contributed by atoms with Crippen LogP contribution in [0.1, 0.15) is 0 Å². The van der Waals surface area contributed by atoms with E-state index < -0.39 is 0 Å². The summed E-state index contributed by atoms with van der Waals surface area (Å²) in [5.74, 6) is 0. The fourth-order valence-corrected chi connectivity index (χ4v) is 2.09. The quantitative estimate of drug-likeness (QED) is 0.440. The van der Waals surface area contributed by atoms with Crippen LogP contribution in [0.4, 0.5) is 0 Å². The van der Waals surface area contributed by atoms with Crippen molar-refractivity contribution in [1.29, 1.82) is 0 Å². The topological polar surface area (TPSA) is 78.4 Å². The zero-order valence-electron chi connectivity index (χ0n) is 15.5. The van der Waals surface area contributed by atoms with E-state index in [-0.39, 0.29) is 25.0 Å². The summed E-state index contributed by atoms with van der Waals surface area (Å²) in [6.07, 6.45) is 0. The van der Waals surface area contributed by atoms with E-state index in [0.717, 1.165) is 39.3 Å².